The van der Waals surface area contributed by atoms with Gasteiger partial charge in [0.05, 0.1) is 0 Å². The number of rotatable bonds is 5. The van der Waals surface area contributed by atoms with Crippen molar-refractivity contribution in [1.82, 2.24) is 14.8 Å². The molecule has 0 bridgehead atoms. The summed E-state index contributed by atoms with van der Waals surface area (Å²) in [6.07, 6.45) is -3.73. The molecule has 1 saturated heterocycles. The third kappa shape index (κ3) is 3.16. The van der Waals surface area contributed by atoms with Crippen molar-refractivity contribution < 1.29 is 34.4 Å². The maximum atomic E-state index is 10.9. The molecule has 0 aromatic carbocycles. The van der Waals surface area contributed by atoms with Crippen molar-refractivity contribution in [3.63, 3.8) is 0 Å². The highest BCUT2D eigenvalue weighted by Gasteiger charge is 2.44. The minimum absolute atomic E-state index is 0.268. The van der Waals surface area contributed by atoms with E-state index in [1.165, 1.54) is 0 Å². The van der Waals surface area contributed by atoms with Crippen molar-refractivity contribution in [2.75, 3.05) is 13.2 Å². The molecule has 11 heteroatoms. The van der Waals surface area contributed by atoms with Crippen molar-refractivity contribution in [2.24, 2.45) is 5.73 Å². The number of esters is 1. The Bertz CT molecular complexity index is 533. The second-order valence-electron chi connectivity index (χ2n) is 4.30. The predicted octanol–water partition coefficient (Wildman–Crippen LogP) is -3.47. The number of nitrogens with two attached hydrogens (primary N) is 1. The van der Waals surface area contributed by atoms with E-state index in [0.29, 0.717) is 0 Å². The maximum Gasteiger partial charge on any atom is 0.331 e. The SMILES string of the molecule is NC(=O)c1ncn(C2OC(COC(=O)CO)C(O)C2O)n1. The highest BCUT2D eigenvalue weighted by atomic mass is 16.6. The van der Waals surface area contributed by atoms with E-state index in [4.69, 9.17) is 15.6 Å². The lowest BCUT2D eigenvalue weighted by molar-refractivity contribution is -0.153. The topological polar surface area (TPSA) is 170 Å². The Labute approximate surface area is 117 Å². The number of aliphatic hydroxyl groups is 3. The third-order valence-electron chi connectivity index (χ3n) is 2.86. The first-order valence-electron chi connectivity index (χ1n) is 5.93. The molecule has 116 valence electrons. The molecule has 21 heavy (non-hydrogen) atoms. The standard InChI is InChI=1S/C10H14N4O7/c11-8(19)9-12-3-14(13-9)10-7(18)6(17)4(21-10)2-20-5(16)1-15/h3-4,6-7,10,15,17-18H,1-2H2,(H2,11,19). The number of aromatic nitrogens is 3. The molecule has 5 N–H and O–H groups in total. The molecule has 0 spiro atoms. The van der Waals surface area contributed by atoms with Gasteiger partial charge in [0.15, 0.2) is 6.23 Å². The van der Waals surface area contributed by atoms with Crippen LogP contribution in [0.25, 0.3) is 0 Å². The van der Waals surface area contributed by atoms with E-state index < -0.39 is 43.0 Å². The van der Waals surface area contributed by atoms with Gasteiger partial charge in [-0.3, -0.25) is 4.79 Å². The Hall–Kier alpha value is -2.08. The van der Waals surface area contributed by atoms with Gasteiger partial charge in [-0.2, -0.15) is 0 Å². The number of amides is 1. The molecule has 1 fully saturated rings. The Morgan fingerprint density at radius 1 is 1.43 bits per heavy atom. The van der Waals surface area contributed by atoms with Gasteiger partial charge < -0.3 is 30.5 Å². The van der Waals surface area contributed by atoms with Gasteiger partial charge in [-0.05, 0) is 0 Å². The average molecular weight is 302 g/mol. The van der Waals surface area contributed by atoms with Crippen molar-refractivity contribution in [1.29, 1.82) is 0 Å². The van der Waals surface area contributed by atoms with Gasteiger partial charge in [-0.15, -0.1) is 5.10 Å². The van der Waals surface area contributed by atoms with E-state index in [2.05, 4.69) is 14.8 Å². The van der Waals surface area contributed by atoms with E-state index in [-0.39, 0.29) is 12.4 Å². The van der Waals surface area contributed by atoms with Gasteiger partial charge >= 0.3 is 5.97 Å². The number of ether oxygens (including phenoxy) is 2. The quantitative estimate of drug-likeness (QED) is 0.403. The van der Waals surface area contributed by atoms with E-state index in [1.807, 2.05) is 0 Å². The van der Waals surface area contributed by atoms with Crippen molar-refractivity contribution in [2.45, 2.75) is 24.5 Å². The van der Waals surface area contributed by atoms with Crippen molar-refractivity contribution in [3.8, 4) is 0 Å². The molecule has 11 nitrogen and oxygen atoms in total. The Kier molecular flexibility index (Phi) is 4.47. The van der Waals surface area contributed by atoms with E-state index in [1.54, 1.807) is 0 Å². The van der Waals surface area contributed by atoms with Gasteiger partial charge in [0.1, 0.15) is 37.9 Å². The highest BCUT2D eigenvalue weighted by molar-refractivity contribution is 5.88. The number of hydrogen-bond donors (Lipinski definition) is 4. The van der Waals surface area contributed by atoms with Gasteiger partial charge in [-0.25, -0.2) is 14.5 Å². The molecule has 2 rings (SSSR count). The molecule has 1 aliphatic heterocycles. The van der Waals surface area contributed by atoms with Crippen LogP contribution in [0.4, 0.5) is 0 Å². The van der Waals surface area contributed by atoms with Crippen LogP contribution in [0.15, 0.2) is 6.33 Å². The summed E-state index contributed by atoms with van der Waals surface area (Å²) in [5.41, 5.74) is 5.00. The summed E-state index contributed by atoms with van der Waals surface area (Å²) < 4.78 is 11.0. The van der Waals surface area contributed by atoms with Crippen LogP contribution in [-0.4, -0.2) is 73.5 Å². The Balaban J connectivity index is 2.04. The lowest BCUT2D eigenvalue weighted by Gasteiger charge is -2.14. The van der Waals surface area contributed by atoms with Gasteiger partial charge in [0.25, 0.3) is 5.91 Å². The van der Waals surface area contributed by atoms with Gasteiger partial charge in [0, 0.05) is 0 Å². The molecule has 1 aliphatic rings. The summed E-state index contributed by atoms with van der Waals surface area (Å²) >= 11 is 0. The molecular formula is C10H14N4O7. The van der Waals surface area contributed by atoms with Crippen LogP contribution in [0, 0.1) is 0 Å². The number of hydrogen-bond acceptors (Lipinski definition) is 9. The monoisotopic (exact) mass is 302 g/mol. The second kappa shape index (κ2) is 6.13. The first-order chi connectivity index (χ1) is 9.93. The van der Waals surface area contributed by atoms with Crippen LogP contribution < -0.4 is 5.73 Å². The second-order valence-corrected chi connectivity index (χ2v) is 4.30. The van der Waals surface area contributed by atoms with Crippen LogP contribution >= 0.6 is 0 Å². The number of nitrogens with zero attached hydrogens (tertiary/aromatic N) is 3. The minimum Gasteiger partial charge on any atom is -0.461 e. The molecule has 1 aromatic rings. The lowest BCUT2D eigenvalue weighted by Crippen LogP contribution is -2.34. The zero-order valence-electron chi connectivity index (χ0n) is 10.7. The third-order valence-corrected chi connectivity index (χ3v) is 2.86. The fraction of sp³-hybridized carbons (Fsp3) is 0.600. The summed E-state index contributed by atoms with van der Waals surface area (Å²) in [7, 11) is 0. The highest BCUT2D eigenvalue weighted by Crippen LogP contribution is 2.28. The summed E-state index contributed by atoms with van der Waals surface area (Å²) in [5, 5.41) is 31.9. The van der Waals surface area contributed by atoms with Crippen LogP contribution in [0.2, 0.25) is 0 Å². The zero-order valence-corrected chi connectivity index (χ0v) is 10.7. The van der Waals surface area contributed by atoms with Crippen LogP contribution in [0.1, 0.15) is 16.8 Å². The molecule has 1 amide bonds. The zero-order chi connectivity index (χ0) is 15.6. The Morgan fingerprint density at radius 2 is 2.14 bits per heavy atom. The van der Waals surface area contributed by atoms with E-state index in [9.17, 15) is 19.8 Å². The number of carbonyl (C=O) groups excluding carboxylic acids is 2. The number of primary amides is 1. The first-order valence-corrected chi connectivity index (χ1v) is 5.93. The molecule has 1 aromatic heterocycles. The fourth-order valence-electron chi connectivity index (χ4n) is 1.82. The normalized spacial score (nSPS) is 28.5. The molecule has 0 saturated carbocycles. The number of carbonyl (C=O) groups is 2. The van der Waals surface area contributed by atoms with E-state index >= 15 is 0 Å². The smallest absolute Gasteiger partial charge is 0.331 e. The summed E-state index contributed by atoms with van der Waals surface area (Å²) in [6.45, 7) is -1.16. The van der Waals surface area contributed by atoms with Crippen LogP contribution in [-0.2, 0) is 14.3 Å². The molecule has 0 radical (unpaired) electrons. The van der Waals surface area contributed by atoms with Gasteiger partial charge in [0.2, 0.25) is 5.82 Å². The average Bonchev–Trinajstić information content (AvgIpc) is 3.04. The summed E-state index contributed by atoms with van der Waals surface area (Å²) in [6, 6.07) is 0. The fourth-order valence-corrected chi connectivity index (χ4v) is 1.82. The molecule has 0 aliphatic carbocycles. The maximum absolute atomic E-state index is 10.9. The largest absolute Gasteiger partial charge is 0.461 e. The molecule has 4 unspecified atom stereocenters. The minimum atomic E-state index is -1.37. The summed E-state index contributed by atoms with van der Waals surface area (Å²) in [5.74, 6) is -2.01. The summed E-state index contributed by atoms with van der Waals surface area (Å²) in [4.78, 5) is 25.4. The predicted molar refractivity (Wildman–Crippen MR) is 62.5 cm³/mol. The molecule has 4 atom stereocenters. The number of aliphatic hydroxyl groups excluding tert-OH is 3. The Morgan fingerprint density at radius 3 is 2.71 bits per heavy atom. The first kappa shape index (κ1) is 15.3. The molecule has 2 heterocycles. The molecular weight excluding hydrogens is 288 g/mol. The van der Waals surface area contributed by atoms with Gasteiger partial charge in [-0.1, -0.05) is 0 Å². The van der Waals surface area contributed by atoms with Crippen LogP contribution in [0.5, 0.6) is 0 Å². The van der Waals surface area contributed by atoms with Crippen molar-refractivity contribution >= 4 is 11.9 Å². The van der Waals surface area contributed by atoms with Crippen molar-refractivity contribution in [3.05, 3.63) is 12.2 Å². The lowest BCUT2D eigenvalue weighted by atomic mass is 10.1. The van der Waals surface area contributed by atoms with Crippen LogP contribution in [0.3, 0.4) is 0 Å². The van der Waals surface area contributed by atoms with E-state index in [0.717, 1.165) is 11.0 Å².